The average Bonchev–Trinajstić information content (AvgIpc) is 3.01. The predicted octanol–water partition coefficient (Wildman–Crippen LogP) is 2.54. The standard InChI is InChI=1S/C14H28N2/c1-4-14(7-8-14)11-15-10-12-13(2,3)6-5-9-16-12/h12,15-16H,4-11H2,1-3H3. The largest absolute Gasteiger partial charge is 0.315 e. The summed E-state index contributed by atoms with van der Waals surface area (Å²) in [6.45, 7) is 10.7. The third-order valence-corrected chi connectivity index (χ3v) is 4.89. The van der Waals surface area contributed by atoms with Crippen molar-refractivity contribution >= 4 is 0 Å². The number of rotatable bonds is 5. The Kier molecular flexibility index (Phi) is 3.60. The molecule has 1 heterocycles. The second kappa shape index (κ2) is 4.66. The van der Waals surface area contributed by atoms with Gasteiger partial charge in [-0.05, 0) is 49.5 Å². The summed E-state index contributed by atoms with van der Waals surface area (Å²) in [5.41, 5.74) is 1.15. The Hall–Kier alpha value is -0.0800. The monoisotopic (exact) mass is 224 g/mol. The summed E-state index contributed by atoms with van der Waals surface area (Å²) < 4.78 is 0. The van der Waals surface area contributed by atoms with Crippen LogP contribution in [0.5, 0.6) is 0 Å². The minimum atomic E-state index is 0.466. The van der Waals surface area contributed by atoms with Crippen LogP contribution < -0.4 is 10.6 Å². The average molecular weight is 224 g/mol. The molecule has 1 unspecified atom stereocenters. The van der Waals surface area contributed by atoms with Crippen molar-refractivity contribution in [1.82, 2.24) is 10.6 Å². The van der Waals surface area contributed by atoms with E-state index >= 15 is 0 Å². The Balaban J connectivity index is 1.72. The topological polar surface area (TPSA) is 24.1 Å². The van der Waals surface area contributed by atoms with Crippen molar-refractivity contribution in [2.45, 2.75) is 58.9 Å². The van der Waals surface area contributed by atoms with Gasteiger partial charge in [-0.15, -0.1) is 0 Å². The molecule has 0 aromatic heterocycles. The van der Waals surface area contributed by atoms with Crippen LogP contribution in [0.1, 0.15) is 52.9 Å². The summed E-state index contributed by atoms with van der Waals surface area (Å²) in [7, 11) is 0. The first-order valence-electron chi connectivity index (χ1n) is 7.02. The lowest BCUT2D eigenvalue weighted by atomic mass is 9.77. The number of hydrogen-bond donors (Lipinski definition) is 2. The van der Waals surface area contributed by atoms with Crippen molar-refractivity contribution in [2.24, 2.45) is 10.8 Å². The lowest BCUT2D eigenvalue weighted by Gasteiger charge is -2.40. The summed E-state index contributed by atoms with van der Waals surface area (Å²) in [5.74, 6) is 0. The highest BCUT2D eigenvalue weighted by molar-refractivity contribution is 4.95. The molecule has 0 bridgehead atoms. The zero-order chi connectivity index (χ0) is 11.6. The van der Waals surface area contributed by atoms with Crippen LogP contribution in [0, 0.1) is 10.8 Å². The fraction of sp³-hybridized carbons (Fsp3) is 1.00. The van der Waals surface area contributed by atoms with Gasteiger partial charge in [-0.1, -0.05) is 20.8 Å². The SMILES string of the molecule is CCC1(CNCC2NCCCC2(C)C)CC1. The predicted molar refractivity (Wildman–Crippen MR) is 69.6 cm³/mol. The van der Waals surface area contributed by atoms with Crippen molar-refractivity contribution in [3.05, 3.63) is 0 Å². The van der Waals surface area contributed by atoms with E-state index in [0.717, 1.165) is 6.54 Å². The summed E-state index contributed by atoms with van der Waals surface area (Å²) in [6.07, 6.45) is 6.94. The number of piperidine rings is 1. The quantitative estimate of drug-likeness (QED) is 0.750. The van der Waals surface area contributed by atoms with Crippen LogP contribution >= 0.6 is 0 Å². The zero-order valence-corrected chi connectivity index (χ0v) is 11.2. The molecule has 2 N–H and O–H groups in total. The third kappa shape index (κ3) is 2.78. The second-order valence-electron chi connectivity index (χ2n) is 6.58. The molecular formula is C14H28N2. The van der Waals surface area contributed by atoms with Gasteiger partial charge in [0.25, 0.3) is 0 Å². The first kappa shape index (κ1) is 12.4. The summed E-state index contributed by atoms with van der Waals surface area (Å²) >= 11 is 0. The molecular weight excluding hydrogens is 196 g/mol. The Bertz CT molecular complexity index is 231. The highest BCUT2D eigenvalue weighted by atomic mass is 15.0. The Morgan fingerprint density at radius 3 is 2.56 bits per heavy atom. The summed E-state index contributed by atoms with van der Waals surface area (Å²) in [5, 5.41) is 7.37. The molecule has 2 nitrogen and oxygen atoms in total. The van der Waals surface area contributed by atoms with Crippen molar-refractivity contribution in [3.8, 4) is 0 Å². The summed E-state index contributed by atoms with van der Waals surface area (Å²) in [4.78, 5) is 0. The van der Waals surface area contributed by atoms with Crippen molar-refractivity contribution in [2.75, 3.05) is 19.6 Å². The Morgan fingerprint density at radius 1 is 1.25 bits per heavy atom. The lowest BCUT2D eigenvalue weighted by molar-refractivity contribution is 0.174. The van der Waals surface area contributed by atoms with Gasteiger partial charge in [-0.3, -0.25) is 0 Å². The summed E-state index contributed by atoms with van der Waals surface area (Å²) in [6, 6.07) is 0.661. The van der Waals surface area contributed by atoms with E-state index in [1.165, 1.54) is 45.2 Å². The number of hydrogen-bond acceptors (Lipinski definition) is 2. The fourth-order valence-corrected chi connectivity index (χ4v) is 2.93. The Morgan fingerprint density at radius 2 is 2.00 bits per heavy atom. The fourth-order valence-electron chi connectivity index (χ4n) is 2.93. The van der Waals surface area contributed by atoms with Crippen LogP contribution in [-0.2, 0) is 0 Å². The molecule has 94 valence electrons. The van der Waals surface area contributed by atoms with E-state index in [9.17, 15) is 0 Å². The van der Waals surface area contributed by atoms with Gasteiger partial charge in [0.05, 0.1) is 0 Å². The molecule has 0 aromatic rings. The minimum absolute atomic E-state index is 0.466. The van der Waals surface area contributed by atoms with E-state index in [1.54, 1.807) is 0 Å². The van der Waals surface area contributed by atoms with Gasteiger partial charge in [-0.25, -0.2) is 0 Å². The molecule has 2 rings (SSSR count). The van der Waals surface area contributed by atoms with Crippen molar-refractivity contribution in [1.29, 1.82) is 0 Å². The molecule has 2 aliphatic rings. The molecule has 0 amide bonds. The maximum absolute atomic E-state index is 3.70. The molecule has 1 saturated carbocycles. The smallest absolute Gasteiger partial charge is 0.0243 e. The molecule has 1 aliphatic carbocycles. The first-order chi connectivity index (χ1) is 7.58. The molecule has 1 aliphatic heterocycles. The minimum Gasteiger partial charge on any atom is -0.315 e. The molecule has 1 saturated heterocycles. The van der Waals surface area contributed by atoms with E-state index in [-0.39, 0.29) is 0 Å². The molecule has 16 heavy (non-hydrogen) atoms. The van der Waals surface area contributed by atoms with Gasteiger partial charge >= 0.3 is 0 Å². The molecule has 2 fully saturated rings. The van der Waals surface area contributed by atoms with Crippen LogP contribution in [0.3, 0.4) is 0 Å². The van der Waals surface area contributed by atoms with Crippen molar-refractivity contribution in [3.63, 3.8) is 0 Å². The van der Waals surface area contributed by atoms with Gasteiger partial charge in [0.1, 0.15) is 0 Å². The van der Waals surface area contributed by atoms with Crippen LogP contribution in [0.4, 0.5) is 0 Å². The second-order valence-corrected chi connectivity index (χ2v) is 6.58. The highest BCUT2D eigenvalue weighted by Crippen LogP contribution is 2.47. The van der Waals surface area contributed by atoms with E-state index in [4.69, 9.17) is 0 Å². The van der Waals surface area contributed by atoms with Crippen LogP contribution in [0.25, 0.3) is 0 Å². The Labute approximate surface area is 101 Å². The van der Waals surface area contributed by atoms with Gasteiger partial charge in [0.2, 0.25) is 0 Å². The lowest BCUT2D eigenvalue weighted by Crippen LogP contribution is -2.52. The maximum Gasteiger partial charge on any atom is 0.0243 e. The van der Waals surface area contributed by atoms with Crippen molar-refractivity contribution < 1.29 is 0 Å². The van der Waals surface area contributed by atoms with Gasteiger partial charge in [0, 0.05) is 19.1 Å². The van der Waals surface area contributed by atoms with Gasteiger partial charge in [-0.2, -0.15) is 0 Å². The number of nitrogens with one attached hydrogen (secondary N) is 2. The highest BCUT2D eigenvalue weighted by Gasteiger charge is 2.40. The zero-order valence-electron chi connectivity index (χ0n) is 11.2. The van der Waals surface area contributed by atoms with E-state index in [2.05, 4.69) is 31.4 Å². The van der Waals surface area contributed by atoms with E-state index < -0.39 is 0 Å². The van der Waals surface area contributed by atoms with Crippen LogP contribution in [-0.4, -0.2) is 25.7 Å². The normalized spacial score (nSPS) is 31.3. The van der Waals surface area contributed by atoms with Gasteiger partial charge < -0.3 is 10.6 Å². The maximum atomic E-state index is 3.70. The molecule has 1 atom stereocenters. The van der Waals surface area contributed by atoms with Crippen LogP contribution in [0.2, 0.25) is 0 Å². The first-order valence-corrected chi connectivity index (χ1v) is 7.02. The third-order valence-electron chi connectivity index (χ3n) is 4.89. The molecule has 0 aromatic carbocycles. The van der Waals surface area contributed by atoms with Crippen LogP contribution in [0.15, 0.2) is 0 Å². The molecule has 2 heteroatoms. The van der Waals surface area contributed by atoms with E-state index in [1.807, 2.05) is 0 Å². The van der Waals surface area contributed by atoms with Gasteiger partial charge in [0.15, 0.2) is 0 Å². The van der Waals surface area contributed by atoms with E-state index in [0.29, 0.717) is 16.9 Å². The molecule has 0 radical (unpaired) electrons. The molecule has 0 spiro atoms.